The van der Waals surface area contributed by atoms with Crippen molar-refractivity contribution < 1.29 is 19.4 Å². The molecule has 1 saturated heterocycles. The zero-order valence-corrected chi connectivity index (χ0v) is 16.5. The molecule has 0 aromatic carbocycles. The van der Waals surface area contributed by atoms with Crippen LogP contribution in [0, 0.1) is 6.92 Å². The first-order chi connectivity index (χ1) is 13.9. The van der Waals surface area contributed by atoms with Gasteiger partial charge in [0.05, 0.1) is 13.2 Å². The van der Waals surface area contributed by atoms with Crippen molar-refractivity contribution in [2.45, 2.75) is 32.4 Å². The molecule has 2 aliphatic heterocycles. The normalized spacial score (nSPS) is 19.1. The fourth-order valence-electron chi connectivity index (χ4n) is 3.72. The molecule has 1 atom stereocenters. The van der Waals surface area contributed by atoms with Gasteiger partial charge in [-0.2, -0.15) is 0 Å². The van der Waals surface area contributed by atoms with Gasteiger partial charge >= 0.3 is 5.97 Å². The number of aliphatic hydroxyl groups excluding tert-OH is 1. The van der Waals surface area contributed by atoms with Gasteiger partial charge < -0.3 is 24.2 Å². The zero-order chi connectivity index (χ0) is 20.5. The number of amides is 1. The maximum Gasteiger partial charge on any atom is 0.356 e. The number of esters is 1. The Labute approximate surface area is 168 Å². The second-order valence-corrected chi connectivity index (χ2v) is 7.35. The molecule has 0 radical (unpaired) electrons. The Hall–Kier alpha value is -3.01. The average molecular weight is 400 g/mol. The summed E-state index contributed by atoms with van der Waals surface area (Å²) in [6, 6.07) is 1.60. The van der Waals surface area contributed by atoms with Crippen LogP contribution in [0.2, 0.25) is 0 Å². The molecule has 0 bridgehead atoms. The lowest BCUT2D eigenvalue weighted by Gasteiger charge is -2.20. The molecule has 4 heterocycles. The number of methoxy groups -OCH3 is 1. The van der Waals surface area contributed by atoms with Crippen LogP contribution in [0.15, 0.2) is 12.3 Å². The number of ether oxygens (including phenoxy) is 1. The largest absolute Gasteiger partial charge is 0.464 e. The number of nitrogens with zero attached hydrogens (tertiary/aromatic N) is 6. The maximum absolute atomic E-state index is 12.6. The van der Waals surface area contributed by atoms with Crippen molar-refractivity contribution in [1.29, 1.82) is 0 Å². The van der Waals surface area contributed by atoms with Crippen LogP contribution in [0.5, 0.6) is 0 Å². The minimum atomic E-state index is -0.491. The molecule has 154 valence electrons. The lowest BCUT2D eigenvalue weighted by molar-refractivity contribution is 0.0593. The molecule has 10 nitrogen and oxygen atoms in total. The van der Waals surface area contributed by atoms with Gasteiger partial charge in [-0.25, -0.2) is 19.7 Å². The summed E-state index contributed by atoms with van der Waals surface area (Å²) in [6.45, 7) is 4.61. The summed E-state index contributed by atoms with van der Waals surface area (Å²) in [5, 5.41) is 9.66. The predicted octanol–water partition coefficient (Wildman–Crippen LogP) is 0.0376. The van der Waals surface area contributed by atoms with Gasteiger partial charge in [-0.3, -0.25) is 4.79 Å². The molecule has 0 saturated carbocycles. The van der Waals surface area contributed by atoms with Crippen LogP contribution in [0.4, 0.5) is 5.95 Å². The standard InChI is InChI=1S/C19H24N6O4/c1-12-9-14(18(28)29-2)22-19(20-12)23-6-4-16-21-15(11-24(16)8-7-23)17(27)25-5-3-13(26)10-25/h9,11,13,26H,3-8,10H2,1-2H3/t13-/m1/s1. The van der Waals surface area contributed by atoms with Gasteiger partial charge in [0, 0.05) is 51.0 Å². The quantitative estimate of drug-likeness (QED) is 0.719. The van der Waals surface area contributed by atoms with E-state index in [0.717, 1.165) is 5.82 Å². The molecule has 2 aromatic rings. The lowest BCUT2D eigenvalue weighted by Crippen LogP contribution is -2.30. The van der Waals surface area contributed by atoms with E-state index in [1.54, 1.807) is 17.2 Å². The van der Waals surface area contributed by atoms with E-state index in [-0.39, 0.29) is 11.6 Å². The monoisotopic (exact) mass is 400 g/mol. The Kier molecular flexibility index (Phi) is 5.18. The van der Waals surface area contributed by atoms with E-state index in [9.17, 15) is 14.7 Å². The third kappa shape index (κ3) is 3.93. The molecule has 0 spiro atoms. The Morgan fingerprint density at radius 2 is 1.97 bits per heavy atom. The fraction of sp³-hybridized carbons (Fsp3) is 0.526. The van der Waals surface area contributed by atoms with Gasteiger partial charge in [0.25, 0.3) is 5.91 Å². The molecule has 2 aliphatic rings. The van der Waals surface area contributed by atoms with Crippen LogP contribution in [-0.2, 0) is 17.7 Å². The highest BCUT2D eigenvalue weighted by Crippen LogP contribution is 2.18. The van der Waals surface area contributed by atoms with E-state index in [4.69, 9.17) is 4.74 Å². The van der Waals surface area contributed by atoms with Crippen molar-refractivity contribution >= 4 is 17.8 Å². The third-order valence-corrected chi connectivity index (χ3v) is 5.26. The second-order valence-electron chi connectivity index (χ2n) is 7.35. The van der Waals surface area contributed by atoms with E-state index >= 15 is 0 Å². The average Bonchev–Trinajstić information content (AvgIpc) is 3.27. The Morgan fingerprint density at radius 1 is 1.14 bits per heavy atom. The highest BCUT2D eigenvalue weighted by atomic mass is 16.5. The number of rotatable bonds is 3. The number of carbonyl (C=O) groups is 2. The highest BCUT2D eigenvalue weighted by Gasteiger charge is 2.28. The van der Waals surface area contributed by atoms with Crippen LogP contribution in [0.25, 0.3) is 0 Å². The first-order valence-electron chi connectivity index (χ1n) is 9.67. The highest BCUT2D eigenvalue weighted by molar-refractivity contribution is 5.92. The third-order valence-electron chi connectivity index (χ3n) is 5.26. The minimum Gasteiger partial charge on any atom is -0.464 e. The molecule has 1 fully saturated rings. The van der Waals surface area contributed by atoms with Crippen LogP contribution < -0.4 is 4.90 Å². The topological polar surface area (TPSA) is 114 Å². The molecule has 2 aromatic heterocycles. The van der Waals surface area contributed by atoms with Crippen LogP contribution in [-0.4, -0.2) is 80.8 Å². The fourth-order valence-corrected chi connectivity index (χ4v) is 3.72. The van der Waals surface area contributed by atoms with Crippen LogP contribution >= 0.6 is 0 Å². The van der Waals surface area contributed by atoms with E-state index < -0.39 is 12.1 Å². The summed E-state index contributed by atoms with van der Waals surface area (Å²) < 4.78 is 6.75. The number of likely N-dealkylation sites (tertiary alicyclic amines) is 1. The van der Waals surface area contributed by atoms with Crippen molar-refractivity contribution in [3.63, 3.8) is 0 Å². The lowest BCUT2D eigenvalue weighted by atomic mass is 10.3. The van der Waals surface area contributed by atoms with E-state index in [1.165, 1.54) is 7.11 Å². The molecule has 0 aliphatic carbocycles. The van der Waals surface area contributed by atoms with E-state index in [0.29, 0.717) is 62.9 Å². The summed E-state index contributed by atoms with van der Waals surface area (Å²) in [4.78, 5) is 41.4. The molecule has 1 amide bonds. The predicted molar refractivity (Wildman–Crippen MR) is 103 cm³/mol. The summed E-state index contributed by atoms with van der Waals surface area (Å²) in [7, 11) is 1.33. The first-order valence-corrected chi connectivity index (χ1v) is 9.67. The van der Waals surface area contributed by atoms with Crippen LogP contribution in [0.1, 0.15) is 38.9 Å². The number of hydrogen-bond acceptors (Lipinski definition) is 8. The number of fused-ring (bicyclic) bond motifs is 1. The molecule has 4 rings (SSSR count). The Bertz CT molecular complexity index is 917. The molecule has 10 heteroatoms. The molecule has 29 heavy (non-hydrogen) atoms. The van der Waals surface area contributed by atoms with Gasteiger partial charge in [0.1, 0.15) is 11.5 Å². The van der Waals surface area contributed by atoms with Crippen LogP contribution in [0.3, 0.4) is 0 Å². The number of aliphatic hydroxyl groups is 1. The Morgan fingerprint density at radius 3 is 2.69 bits per heavy atom. The summed E-state index contributed by atoms with van der Waals surface area (Å²) in [5.41, 5.74) is 1.35. The number of hydrogen-bond donors (Lipinski definition) is 1. The van der Waals surface area contributed by atoms with Crippen molar-refractivity contribution in [2.75, 3.05) is 38.2 Å². The summed E-state index contributed by atoms with van der Waals surface area (Å²) in [6.07, 6.45) is 2.57. The second kappa shape index (κ2) is 7.78. The number of anilines is 1. The zero-order valence-electron chi connectivity index (χ0n) is 16.5. The Balaban J connectivity index is 1.48. The van der Waals surface area contributed by atoms with Gasteiger partial charge in [-0.15, -0.1) is 0 Å². The number of imidazole rings is 1. The van der Waals surface area contributed by atoms with Gasteiger partial charge in [-0.1, -0.05) is 0 Å². The molecular formula is C19H24N6O4. The van der Waals surface area contributed by atoms with E-state index in [1.807, 2.05) is 16.4 Å². The van der Waals surface area contributed by atoms with Gasteiger partial charge in [0.2, 0.25) is 5.95 Å². The van der Waals surface area contributed by atoms with Gasteiger partial charge in [-0.05, 0) is 19.4 Å². The molecule has 0 unspecified atom stereocenters. The summed E-state index contributed by atoms with van der Waals surface area (Å²) in [5.74, 6) is 0.688. The number of aryl methyl sites for hydroxylation is 1. The number of β-amino-alcohol motifs (C(OH)–C–C–N with tert-alkyl or cyclic N) is 1. The SMILES string of the molecule is COC(=O)c1cc(C)nc(N2CCc3nc(C(=O)N4CC[C@@H](O)C4)cn3CC2)n1. The van der Waals surface area contributed by atoms with Crippen molar-refractivity contribution in [3.05, 3.63) is 35.2 Å². The van der Waals surface area contributed by atoms with Crippen molar-refractivity contribution in [3.8, 4) is 0 Å². The maximum atomic E-state index is 12.6. The number of aromatic nitrogens is 4. The first kappa shape index (κ1) is 19.3. The van der Waals surface area contributed by atoms with E-state index in [2.05, 4.69) is 15.0 Å². The smallest absolute Gasteiger partial charge is 0.356 e. The van der Waals surface area contributed by atoms with Gasteiger partial charge in [0.15, 0.2) is 5.69 Å². The van der Waals surface area contributed by atoms with Crippen molar-refractivity contribution in [1.82, 2.24) is 24.4 Å². The minimum absolute atomic E-state index is 0.135. The van der Waals surface area contributed by atoms with Crippen molar-refractivity contribution in [2.24, 2.45) is 0 Å². The summed E-state index contributed by atoms with van der Waals surface area (Å²) >= 11 is 0. The molecule has 1 N–H and O–H groups in total. The number of carbonyl (C=O) groups excluding carboxylic acids is 2. The molecular weight excluding hydrogens is 376 g/mol.